The molecule has 2 heterocycles. The van der Waals surface area contributed by atoms with Crippen LogP contribution >= 0.6 is 0 Å². The number of Topliss-reactive ketones (excluding diaryl/α,β-unsaturated/α-hetero) is 2. The van der Waals surface area contributed by atoms with E-state index in [-0.39, 0.29) is 29.6 Å². The standard InChI is InChI=1S/C14H13NO3.C12H9NO3/c1-3-18-14(17)13-8-11(9(2)16)10-6-4-5-7-12(10)15-13;1-7(14)9-6-11(12(15)16)13-10-5-3-2-4-8(9)10/h4-8H,3H2,1-2H3;2-6H,1H3,(H,15,16). The van der Waals surface area contributed by atoms with Gasteiger partial charge in [-0.05, 0) is 45.0 Å². The lowest BCUT2D eigenvalue weighted by atomic mass is 10.0. The molecule has 0 aliphatic carbocycles. The lowest BCUT2D eigenvalue weighted by Gasteiger charge is -2.06. The molecule has 0 radical (unpaired) electrons. The predicted octanol–water partition coefficient (Wildman–Crippen LogP) is 4.75. The first-order valence-corrected chi connectivity index (χ1v) is 10.4. The van der Waals surface area contributed by atoms with Crippen LogP contribution in [0.15, 0.2) is 60.7 Å². The van der Waals surface area contributed by atoms with E-state index in [1.807, 2.05) is 18.2 Å². The number of nitrogens with zero attached hydrogens (tertiary/aromatic N) is 2. The van der Waals surface area contributed by atoms with Gasteiger partial charge in [-0.2, -0.15) is 0 Å². The third-order valence-corrected chi connectivity index (χ3v) is 4.89. The van der Waals surface area contributed by atoms with E-state index in [1.54, 1.807) is 37.3 Å². The fourth-order valence-electron chi connectivity index (χ4n) is 3.35. The van der Waals surface area contributed by atoms with Crippen LogP contribution in [0.2, 0.25) is 0 Å². The van der Waals surface area contributed by atoms with Crippen molar-refractivity contribution in [2.75, 3.05) is 6.61 Å². The van der Waals surface area contributed by atoms with Gasteiger partial charge in [0.25, 0.3) is 0 Å². The lowest BCUT2D eigenvalue weighted by Crippen LogP contribution is -2.09. The van der Waals surface area contributed by atoms with Gasteiger partial charge in [0.15, 0.2) is 11.6 Å². The van der Waals surface area contributed by atoms with Gasteiger partial charge in [-0.15, -0.1) is 0 Å². The molecule has 0 amide bonds. The second kappa shape index (κ2) is 10.4. The van der Waals surface area contributed by atoms with Crippen molar-refractivity contribution >= 4 is 45.3 Å². The summed E-state index contributed by atoms with van der Waals surface area (Å²) >= 11 is 0. The third-order valence-electron chi connectivity index (χ3n) is 4.89. The third kappa shape index (κ3) is 5.29. The van der Waals surface area contributed by atoms with Gasteiger partial charge in [-0.3, -0.25) is 9.59 Å². The molecule has 0 unspecified atom stereocenters. The minimum absolute atomic E-state index is 0.0980. The minimum Gasteiger partial charge on any atom is -0.477 e. The number of ether oxygens (including phenoxy) is 1. The van der Waals surface area contributed by atoms with Gasteiger partial charge in [-0.1, -0.05) is 36.4 Å². The van der Waals surface area contributed by atoms with Crippen LogP contribution in [0.5, 0.6) is 0 Å². The molecule has 0 saturated carbocycles. The number of pyridine rings is 2. The van der Waals surface area contributed by atoms with E-state index in [4.69, 9.17) is 9.84 Å². The molecule has 2 aromatic heterocycles. The molecule has 172 valence electrons. The molecule has 0 saturated heterocycles. The van der Waals surface area contributed by atoms with Crippen molar-refractivity contribution in [3.05, 3.63) is 83.2 Å². The topological polar surface area (TPSA) is 124 Å². The van der Waals surface area contributed by atoms with Crippen LogP contribution in [0.4, 0.5) is 0 Å². The van der Waals surface area contributed by atoms with Gasteiger partial charge in [0.1, 0.15) is 11.4 Å². The van der Waals surface area contributed by atoms with E-state index < -0.39 is 11.9 Å². The van der Waals surface area contributed by atoms with E-state index in [0.717, 1.165) is 5.39 Å². The van der Waals surface area contributed by atoms with E-state index in [2.05, 4.69) is 9.97 Å². The largest absolute Gasteiger partial charge is 0.477 e. The first-order chi connectivity index (χ1) is 16.2. The van der Waals surface area contributed by atoms with Crippen molar-refractivity contribution in [3.63, 3.8) is 0 Å². The molecule has 8 nitrogen and oxygen atoms in total. The Kier molecular flexibility index (Phi) is 7.43. The van der Waals surface area contributed by atoms with Crippen molar-refractivity contribution in [2.45, 2.75) is 20.8 Å². The number of carboxylic acids is 1. The highest BCUT2D eigenvalue weighted by molar-refractivity contribution is 6.08. The molecular formula is C26H22N2O6. The van der Waals surface area contributed by atoms with E-state index >= 15 is 0 Å². The second-order valence-electron chi connectivity index (χ2n) is 7.28. The summed E-state index contributed by atoms with van der Waals surface area (Å²) in [6.07, 6.45) is 0. The molecule has 0 bridgehead atoms. The summed E-state index contributed by atoms with van der Waals surface area (Å²) in [6.45, 7) is 4.89. The number of benzene rings is 2. The fourth-order valence-corrected chi connectivity index (χ4v) is 3.35. The maximum atomic E-state index is 11.7. The smallest absolute Gasteiger partial charge is 0.356 e. The first-order valence-electron chi connectivity index (χ1n) is 10.4. The van der Waals surface area contributed by atoms with E-state index in [1.165, 1.54) is 26.0 Å². The maximum Gasteiger partial charge on any atom is 0.356 e. The van der Waals surface area contributed by atoms with Crippen LogP contribution in [0.3, 0.4) is 0 Å². The lowest BCUT2D eigenvalue weighted by molar-refractivity contribution is 0.0519. The van der Waals surface area contributed by atoms with Gasteiger partial charge < -0.3 is 9.84 Å². The molecular weight excluding hydrogens is 436 g/mol. The summed E-state index contributed by atoms with van der Waals surface area (Å²) in [4.78, 5) is 53.7. The predicted molar refractivity (Wildman–Crippen MR) is 126 cm³/mol. The SMILES string of the molecule is CC(=O)c1cc(C(=O)O)nc2ccccc12.CCOC(=O)c1cc(C(C)=O)c2ccccc2n1. The number of carbonyl (C=O) groups is 4. The highest BCUT2D eigenvalue weighted by atomic mass is 16.5. The van der Waals surface area contributed by atoms with E-state index in [0.29, 0.717) is 27.5 Å². The van der Waals surface area contributed by atoms with Crippen LogP contribution in [-0.4, -0.2) is 45.2 Å². The number of rotatable bonds is 5. The number of ketones is 2. The van der Waals surface area contributed by atoms with Gasteiger partial charge in [0, 0.05) is 21.9 Å². The Morgan fingerprint density at radius 2 is 1.21 bits per heavy atom. The molecule has 0 fully saturated rings. The molecule has 2 aromatic carbocycles. The van der Waals surface area contributed by atoms with Crippen molar-refractivity contribution < 1.29 is 29.0 Å². The Morgan fingerprint density at radius 3 is 1.65 bits per heavy atom. The number of carboxylic acid groups (broad SMARTS) is 1. The van der Waals surface area contributed by atoms with Crippen molar-refractivity contribution in [1.29, 1.82) is 0 Å². The molecule has 0 atom stereocenters. The Hall–Kier alpha value is -4.46. The summed E-state index contributed by atoms with van der Waals surface area (Å²) < 4.78 is 4.90. The number of para-hydroxylation sites is 2. The van der Waals surface area contributed by atoms with Crippen LogP contribution < -0.4 is 0 Å². The summed E-state index contributed by atoms with van der Waals surface area (Å²) in [5.41, 5.74) is 2.08. The average molecular weight is 458 g/mol. The Morgan fingerprint density at radius 1 is 0.765 bits per heavy atom. The molecule has 34 heavy (non-hydrogen) atoms. The normalized spacial score (nSPS) is 10.3. The molecule has 8 heteroatoms. The zero-order valence-corrected chi connectivity index (χ0v) is 18.9. The van der Waals surface area contributed by atoms with Crippen LogP contribution in [0, 0.1) is 0 Å². The number of aromatic carboxylic acids is 1. The number of hydrogen-bond donors (Lipinski definition) is 1. The summed E-state index contributed by atoms with van der Waals surface area (Å²) in [6, 6.07) is 17.0. The quantitative estimate of drug-likeness (QED) is 0.336. The van der Waals surface area contributed by atoms with Crippen LogP contribution in [0.25, 0.3) is 21.8 Å². The van der Waals surface area contributed by atoms with Gasteiger partial charge in [0.2, 0.25) is 0 Å². The zero-order chi connectivity index (χ0) is 24.8. The molecule has 0 aliphatic rings. The monoisotopic (exact) mass is 458 g/mol. The highest BCUT2D eigenvalue weighted by Gasteiger charge is 2.15. The second-order valence-corrected chi connectivity index (χ2v) is 7.28. The minimum atomic E-state index is -1.13. The van der Waals surface area contributed by atoms with Gasteiger partial charge >= 0.3 is 11.9 Å². The average Bonchev–Trinajstić information content (AvgIpc) is 2.82. The Bertz CT molecular complexity index is 1430. The number of hydrogen-bond acceptors (Lipinski definition) is 7. The molecule has 0 spiro atoms. The van der Waals surface area contributed by atoms with Crippen LogP contribution in [-0.2, 0) is 4.74 Å². The molecule has 4 rings (SSSR count). The Labute approximate surface area is 195 Å². The van der Waals surface area contributed by atoms with Gasteiger partial charge in [-0.25, -0.2) is 19.6 Å². The van der Waals surface area contributed by atoms with E-state index in [9.17, 15) is 19.2 Å². The van der Waals surface area contributed by atoms with Crippen LogP contribution in [0.1, 0.15) is 62.5 Å². The Balaban J connectivity index is 0.000000192. The van der Waals surface area contributed by atoms with Gasteiger partial charge in [0.05, 0.1) is 17.6 Å². The van der Waals surface area contributed by atoms with Crippen molar-refractivity contribution in [2.24, 2.45) is 0 Å². The summed E-state index contributed by atoms with van der Waals surface area (Å²) in [7, 11) is 0. The molecule has 4 aromatic rings. The highest BCUT2D eigenvalue weighted by Crippen LogP contribution is 2.20. The fraction of sp³-hybridized carbons (Fsp3) is 0.154. The first kappa shape index (κ1) is 24.2. The zero-order valence-electron chi connectivity index (χ0n) is 18.9. The maximum absolute atomic E-state index is 11.7. The number of fused-ring (bicyclic) bond motifs is 2. The summed E-state index contributed by atoms with van der Waals surface area (Å²) in [5.74, 6) is -1.90. The number of carbonyl (C=O) groups excluding carboxylic acids is 3. The van der Waals surface area contributed by atoms with Crippen molar-refractivity contribution in [1.82, 2.24) is 9.97 Å². The summed E-state index contributed by atoms with van der Waals surface area (Å²) in [5, 5.41) is 10.3. The number of esters is 1. The van der Waals surface area contributed by atoms with Crippen molar-refractivity contribution in [3.8, 4) is 0 Å². The number of aromatic nitrogens is 2. The molecule has 0 aliphatic heterocycles. The molecule has 1 N–H and O–H groups in total.